The molecule has 3 atom stereocenters. The first kappa shape index (κ1) is 24.8. The SMILES string of the molecule is CC(C)C(NC(=O)CNC(=O)C(N)CC(=O)O)C(=O)NC(CC(=O)O)C(=O)O. The molecule has 0 aliphatic rings. The van der Waals surface area contributed by atoms with Gasteiger partial charge in [-0.2, -0.15) is 0 Å². The maximum Gasteiger partial charge on any atom is 0.326 e. The Morgan fingerprint density at radius 3 is 1.82 bits per heavy atom. The molecule has 0 spiro atoms. The average molecular weight is 404 g/mol. The molecule has 0 aromatic heterocycles. The van der Waals surface area contributed by atoms with Crippen LogP contribution in [0.4, 0.5) is 0 Å². The lowest BCUT2D eigenvalue weighted by Gasteiger charge is -2.23. The van der Waals surface area contributed by atoms with Gasteiger partial charge in [-0.1, -0.05) is 13.8 Å². The van der Waals surface area contributed by atoms with Gasteiger partial charge < -0.3 is 37.0 Å². The summed E-state index contributed by atoms with van der Waals surface area (Å²) in [4.78, 5) is 67.9. The molecule has 13 heteroatoms. The van der Waals surface area contributed by atoms with Crippen LogP contribution in [0.1, 0.15) is 26.7 Å². The summed E-state index contributed by atoms with van der Waals surface area (Å²) in [6.45, 7) is 2.51. The summed E-state index contributed by atoms with van der Waals surface area (Å²) in [5, 5.41) is 32.6. The number of nitrogens with two attached hydrogens (primary N) is 1. The Morgan fingerprint density at radius 1 is 0.857 bits per heavy atom. The van der Waals surface area contributed by atoms with Crippen molar-refractivity contribution in [3.05, 3.63) is 0 Å². The quantitative estimate of drug-likeness (QED) is 0.175. The van der Waals surface area contributed by atoms with Gasteiger partial charge in [-0.25, -0.2) is 4.79 Å². The summed E-state index contributed by atoms with van der Waals surface area (Å²) < 4.78 is 0. The van der Waals surface area contributed by atoms with Crippen molar-refractivity contribution in [3.8, 4) is 0 Å². The molecular formula is C15H24N4O9. The zero-order chi connectivity index (χ0) is 22.0. The van der Waals surface area contributed by atoms with Crippen LogP contribution in [0, 0.1) is 5.92 Å². The van der Waals surface area contributed by atoms with Crippen molar-refractivity contribution < 1.29 is 44.1 Å². The highest BCUT2D eigenvalue weighted by molar-refractivity contribution is 5.93. The van der Waals surface area contributed by atoms with E-state index in [2.05, 4.69) is 10.6 Å². The summed E-state index contributed by atoms with van der Waals surface area (Å²) in [5.41, 5.74) is 5.33. The van der Waals surface area contributed by atoms with Gasteiger partial charge in [-0.3, -0.25) is 24.0 Å². The summed E-state index contributed by atoms with van der Waals surface area (Å²) >= 11 is 0. The molecule has 0 aromatic rings. The molecule has 0 saturated carbocycles. The molecule has 0 radical (unpaired) electrons. The number of carbonyl (C=O) groups is 6. The number of carbonyl (C=O) groups excluding carboxylic acids is 3. The monoisotopic (exact) mass is 404 g/mol. The zero-order valence-electron chi connectivity index (χ0n) is 15.3. The fourth-order valence-corrected chi connectivity index (χ4v) is 1.97. The average Bonchev–Trinajstić information content (AvgIpc) is 2.55. The lowest BCUT2D eigenvalue weighted by molar-refractivity contribution is -0.147. The van der Waals surface area contributed by atoms with Gasteiger partial charge in [0.1, 0.15) is 12.1 Å². The molecule has 0 heterocycles. The molecule has 0 bridgehead atoms. The fraction of sp³-hybridized carbons (Fsp3) is 0.600. The van der Waals surface area contributed by atoms with Crippen LogP contribution in [0.5, 0.6) is 0 Å². The van der Waals surface area contributed by atoms with Crippen molar-refractivity contribution in [2.75, 3.05) is 6.54 Å². The van der Waals surface area contributed by atoms with E-state index < -0.39 is 79.1 Å². The van der Waals surface area contributed by atoms with Crippen LogP contribution >= 0.6 is 0 Å². The highest BCUT2D eigenvalue weighted by Crippen LogP contribution is 2.04. The third-order valence-electron chi connectivity index (χ3n) is 3.41. The molecule has 0 aromatic carbocycles. The minimum Gasteiger partial charge on any atom is -0.481 e. The predicted molar refractivity (Wildman–Crippen MR) is 91.8 cm³/mol. The first-order valence-electron chi connectivity index (χ1n) is 8.14. The number of carboxylic acids is 3. The number of nitrogens with one attached hydrogen (secondary N) is 3. The second-order valence-electron chi connectivity index (χ2n) is 6.21. The van der Waals surface area contributed by atoms with E-state index in [0.29, 0.717) is 0 Å². The van der Waals surface area contributed by atoms with Gasteiger partial charge in [0.25, 0.3) is 0 Å². The lowest BCUT2D eigenvalue weighted by atomic mass is 10.0. The number of amides is 3. The number of hydrogen-bond acceptors (Lipinski definition) is 7. The van der Waals surface area contributed by atoms with Gasteiger partial charge in [0.2, 0.25) is 17.7 Å². The van der Waals surface area contributed by atoms with Gasteiger partial charge in [0.15, 0.2) is 0 Å². The molecule has 13 nitrogen and oxygen atoms in total. The highest BCUT2D eigenvalue weighted by Gasteiger charge is 2.30. The second kappa shape index (κ2) is 11.5. The molecule has 0 saturated heterocycles. The van der Waals surface area contributed by atoms with Crippen LogP contribution in [-0.4, -0.2) is 75.6 Å². The number of rotatable bonds is 12. The summed E-state index contributed by atoms with van der Waals surface area (Å²) in [5.74, 6) is -7.37. The molecule has 0 fully saturated rings. The van der Waals surface area contributed by atoms with Crippen molar-refractivity contribution in [2.45, 2.75) is 44.8 Å². The van der Waals surface area contributed by atoms with E-state index in [1.807, 2.05) is 5.32 Å². The molecule has 8 N–H and O–H groups in total. The van der Waals surface area contributed by atoms with Crippen molar-refractivity contribution >= 4 is 35.6 Å². The summed E-state index contributed by atoms with van der Waals surface area (Å²) in [7, 11) is 0. The zero-order valence-corrected chi connectivity index (χ0v) is 15.3. The Labute approximate surface area is 159 Å². The van der Waals surface area contributed by atoms with Gasteiger partial charge in [0, 0.05) is 0 Å². The van der Waals surface area contributed by atoms with E-state index in [9.17, 15) is 28.8 Å². The van der Waals surface area contributed by atoms with Gasteiger partial charge >= 0.3 is 17.9 Å². The van der Waals surface area contributed by atoms with Crippen molar-refractivity contribution in [2.24, 2.45) is 11.7 Å². The van der Waals surface area contributed by atoms with Crippen molar-refractivity contribution in [1.29, 1.82) is 0 Å². The van der Waals surface area contributed by atoms with Gasteiger partial charge in [-0.15, -0.1) is 0 Å². The molecule has 158 valence electrons. The Morgan fingerprint density at radius 2 is 1.39 bits per heavy atom. The number of hydrogen-bond donors (Lipinski definition) is 7. The van der Waals surface area contributed by atoms with Crippen LogP contribution < -0.4 is 21.7 Å². The summed E-state index contributed by atoms with van der Waals surface area (Å²) in [6, 6.07) is -4.24. The smallest absolute Gasteiger partial charge is 0.326 e. The fourth-order valence-electron chi connectivity index (χ4n) is 1.97. The molecule has 0 rings (SSSR count). The number of aliphatic carboxylic acids is 3. The minimum atomic E-state index is -1.68. The Bertz CT molecular complexity index is 635. The van der Waals surface area contributed by atoms with Crippen LogP contribution in [0.3, 0.4) is 0 Å². The molecule has 3 unspecified atom stereocenters. The summed E-state index contributed by atoms with van der Waals surface area (Å²) in [6.07, 6.45) is -1.48. The maximum absolute atomic E-state index is 12.2. The topological polar surface area (TPSA) is 225 Å². The van der Waals surface area contributed by atoms with E-state index in [4.69, 9.17) is 21.1 Å². The normalized spacial score (nSPS) is 13.7. The van der Waals surface area contributed by atoms with Gasteiger partial charge in [-0.05, 0) is 5.92 Å². The molecule has 3 amide bonds. The Balaban J connectivity index is 4.83. The van der Waals surface area contributed by atoms with E-state index in [0.717, 1.165) is 0 Å². The largest absolute Gasteiger partial charge is 0.481 e. The second-order valence-corrected chi connectivity index (χ2v) is 6.21. The number of carboxylic acid groups (broad SMARTS) is 3. The predicted octanol–water partition coefficient (Wildman–Crippen LogP) is -2.91. The van der Waals surface area contributed by atoms with E-state index >= 15 is 0 Å². The molecule has 0 aliphatic carbocycles. The standard InChI is InChI=1S/C15H24N4O9/c1-6(2)12(14(26)18-8(15(27)28)4-11(23)24)19-9(20)5-17-13(25)7(16)3-10(21)22/h6-8,12H,3-5,16H2,1-2H3,(H,17,25)(H,18,26)(H,19,20)(H,21,22)(H,23,24)(H,27,28). The van der Waals surface area contributed by atoms with E-state index in [1.165, 1.54) is 0 Å². The Kier molecular flexibility index (Phi) is 10.2. The van der Waals surface area contributed by atoms with E-state index in [1.54, 1.807) is 13.8 Å². The Hall–Kier alpha value is -3.22. The molecule has 0 aliphatic heterocycles. The lowest BCUT2D eigenvalue weighted by Crippen LogP contribution is -2.55. The first-order chi connectivity index (χ1) is 12.8. The third kappa shape index (κ3) is 9.47. The molecular weight excluding hydrogens is 380 g/mol. The highest BCUT2D eigenvalue weighted by atomic mass is 16.4. The van der Waals surface area contributed by atoms with Crippen LogP contribution in [-0.2, 0) is 28.8 Å². The van der Waals surface area contributed by atoms with Crippen LogP contribution in [0.25, 0.3) is 0 Å². The third-order valence-corrected chi connectivity index (χ3v) is 3.41. The van der Waals surface area contributed by atoms with Crippen molar-refractivity contribution in [1.82, 2.24) is 16.0 Å². The molecule has 28 heavy (non-hydrogen) atoms. The van der Waals surface area contributed by atoms with Gasteiger partial charge in [0.05, 0.1) is 25.4 Å². The van der Waals surface area contributed by atoms with Crippen LogP contribution in [0.15, 0.2) is 0 Å². The van der Waals surface area contributed by atoms with E-state index in [-0.39, 0.29) is 0 Å². The van der Waals surface area contributed by atoms with Crippen LogP contribution in [0.2, 0.25) is 0 Å². The van der Waals surface area contributed by atoms with Crippen molar-refractivity contribution in [3.63, 3.8) is 0 Å². The minimum absolute atomic E-state index is 0.492. The first-order valence-corrected chi connectivity index (χ1v) is 8.14. The maximum atomic E-state index is 12.2.